The second-order valence-electron chi connectivity index (χ2n) is 6.00. The summed E-state index contributed by atoms with van der Waals surface area (Å²) in [5, 5.41) is 3.38. The van der Waals surface area contributed by atoms with Crippen molar-refractivity contribution < 1.29 is 19.1 Å². The van der Waals surface area contributed by atoms with Crippen molar-refractivity contribution in [1.82, 2.24) is 4.90 Å². The van der Waals surface area contributed by atoms with Gasteiger partial charge in [-0.15, -0.1) is 6.58 Å². The molecule has 3 N–H and O–H groups in total. The molecule has 0 radical (unpaired) electrons. The van der Waals surface area contributed by atoms with Crippen LogP contribution in [0.25, 0.3) is 0 Å². The van der Waals surface area contributed by atoms with E-state index in [1.807, 2.05) is 24.3 Å². The zero-order chi connectivity index (χ0) is 19.4. The number of fused-ring (bicyclic) bond motifs is 1. The van der Waals surface area contributed by atoms with E-state index in [1.165, 1.54) is 7.11 Å². The number of nitrogens with one attached hydrogen (secondary N) is 1. The van der Waals surface area contributed by atoms with E-state index < -0.39 is 12.1 Å². The molecule has 2 aromatic rings. The number of carbonyl (C=O) groups is 2. The maximum absolute atomic E-state index is 12.9. The number of benzene rings is 2. The zero-order valence-corrected chi connectivity index (χ0v) is 15.0. The van der Waals surface area contributed by atoms with Gasteiger partial charge >= 0.3 is 0 Å². The Bertz CT molecular complexity index is 881. The van der Waals surface area contributed by atoms with Crippen molar-refractivity contribution >= 4 is 17.5 Å². The van der Waals surface area contributed by atoms with E-state index in [4.69, 9.17) is 15.2 Å². The molecule has 0 fully saturated rings. The second-order valence-corrected chi connectivity index (χ2v) is 6.00. The van der Waals surface area contributed by atoms with Crippen molar-refractivity contribution in [1.29, 1.82) is 0 Å². The summed E-state index contributed by atoms with van der Waals surface area (Å²) in [6.45, 7) is 3.85. The number of anilines is 1. The average Bonchev–Trinajstić information content (AvgIpc) is 2.68. The first-order valence-corrected chi connectivity index (χ1v) is 8.41. The molecule has 140 valence electrons. The fraction of sp³-hybridized carbons (Fsp3) is 0.200. The van der Waals surface area contributed by atoms with Gasteiger partial charge in [0.2, 0.25) is 0 Å². The van der Waals surface area contributed by atoms with Crippen molar-refractivity contribution in [3.05, 3.63) is 66.2 Å². The third-order valence-electron chi connectivity index (χ3n) is 4.22. The van der Waals surface area contributed by atoms with Crippen molar-refractivity contribution in [3.63, 3.8) is 0 Å². The zero-order valence-electron chi connectivity index (χ0n) is 15.0. The van der Waals surface area contributed by atoms with Crippen LogP contribution in [-0.4, -0.2) is 37.0 Å². The number of nitrogens with zero attached hydrogens (tertiary/aromatic N) is 1. The molecule has 3 rings (SSSR count). The summed E-state index contributed by atoms with van der Waals surface area (Å²) in [7, 11) is 1.51. The lowest BCUT2D eigenvalue weighted by Crippen LogP contribution is -2.43. The number of ether oxygens (including phenoxy) is 2. The van der Waals surface area contributed by atoms with Crippen LogP contribution in [0.1, 0.15) is 22.1 Å². The summed E-state index contributed by atoms with van der Waals surface area (Å²) in [6, 6.07) is 12.6. The molecular formula is C20H21N3O4. The fourth-order valence-electron chi connectivity index (χ4n) is 3.01. The van der Waals surface area contributed by atoms with E-state index in [1.54, 1.807) is 29.2 Å². The fourth-order valence-corrected chi connectivity index (χ4v) is 3.01. The number of hydrogen-bond acceptors (Lipinski definition) is 5. The summed E-state index contributed by atoms with van der Waals surface area (Å²) >= 11 is 0. The van der Waals surface area contributed by atoms with Crippen molar-refractivity contribution in [2.75, 3.05) is 25.6 Å². The molecule has 0 aliphatic carbocycles. The monoisotopic (exact) mass is 367 g/mol. The van der Waals surface area contributed by atoms with E-state index >= 15 is 0 Å². The molecule has 7 nitrogen and oxygen atoms in total. The van der Waals surface area contributed by atoms with Crippen LogP contribution in [-0.2, 0) is 4.79 Å². The Morgan fingerprint density at radius 3 is 2.78 bits per heavy atom. The van der Waals surface area contributed by atoms with Crippen LogP contribution in [0.2, 0.25) is 0 Å². The molecule has 2 aromatic carbocycles. The molecule has 7 heteroatoms. The van der Waals surface area contributed by atoms with Crippen molar-refractivity contribution in [2.45, 2.75) is 6.17 Å². The Hall–Kier alpha value is -3.48. The molecule has 1 atom stereocenters. The Morgan fingerprint density at radius 1 is 1.30 bits per heavy atom. The van der Waals surface area contributed by atoms with Crippen molar-refractivity contribution in [3.8, 4) is 11.5 Å². The van der Waals surface area contributed by atoms with Gasteiger partial charge in [0.05, 0.1) is 12.7 Å². The largest absolute Gasteiger partial charge is 0.493 e. The number of carbonyl (C=O) groups excluding carboxylic acids is 2. The van der Waals surface area contributed by atoms with E-state index in [0.29, 0.717) is 23.6 Å². The van der Waals surface area contributed by atoms with Gasteiger partial charge in [0.1, 0.15) is 6.17 Å². The number of nitrogens with two attached hydrogens (primary N) is 1. The van der Waals surface area contributed by atoms with Gasteiger partial charge in [-0.05, 0) is 29.8 Å². The molecule has 0 saturated carbocycles. The van der Waals surface area contributed by atoms with Gasteiger partial charge < -0.3 is 25.4 Å². The molecule has 1 aliphatic heterocycles. The highest BCUT2D eigenvalue weighted by molar-refractivity contribution is 6.01. The summed E-state index contributed by atoms with van der Waals surface area (Å²) < 4.78 is 10.7. The van der Waals surface area contributed by atoms with E-state index in [9.17, 15) is 9.59 Å². The highest BCUT2D eigenvalue weighted by Crippen LogP contribution is 2.36. The quantitative estimate of drug-likeness (QED) is 0.733. The molecule has 0 spiro atoms. The van der Waals surface area contributed by atoms with E-state index in [2.05, 4.69) is 11.9 Å². The lowest BCUT2D eigenvalue weighted by atomic mass is 10.0. The van der Waals surface area contributed by atoms with Crippen LogP contribution in [0.5, 0.6) is 11.5 Å². The van der Waals surface area contributed by atoms with Gasteiger partial charge in [-0.25, -0.2) is 0 Å². The Labute approximate surface area is 157 Å². The summed E-state index contributed by atoms with van der Waals surface area (Å²) in [5.74, 6) is 0.165. The van der Waals surface area contributed by atoms with Crippen LogP contribution in [0.3, 0.4) is 0 Å². The molecule has 1 heterocycles. The predicted molar refractivity (Wildman–Crippen MR) is 102 cm³/mol. The lowest BCUT2D eigenvalue weighted by Gasteiger charge is -2.37. The summed E-state index contributed by atoms with van der Waals surface area (Å²) in [5.41, 5.74) is 7.30. The van der Waals surface area contributed by atoms with Crippen LogP contribution < -0.4 is 20.5 Å². The Kier molecular flexibility index (Phi) is 5.30. The normalized spacial score (nSPS) is 15.5. The topological polar surface area (TPSA) is 93.9 Å². The van der Waals surface area contributed by atoms with Crippen LogP contribution >= 0.6 is 0 Å². The van der Waals surface area contributed by atoms with Crippen LogP contribution in [0.4, 0.5) is 5.69 Å². The molecule has 0 saturated heterocycles. The molecule has 2 amide bonds. The maximum atomic E-state index is 12.9. The maximum Gasteiger partial charge on any atom is 0.258 e. The second kappa shape index (κ2) is 7.82. The third-order valence-corrected chi connectivity index (χ3v) is 4.22. The minimum absolute atomic E-state index is 0.0929. The average molecular weight is 367 g/mol. The van der Waals surface area contributed by atoms with Crippen LogP contribution in [0.15, 0.2) is 55.1 Å². The highest BCUT2D eigenvalue weighted by atomic mass is 16.5. The minimum Gasteiger partial charge on any atom is -0.493 e. The van der Waals surface area contributed by atoms with Crippen molar-refractivity contribution in [2.24, 2.45) is 5.73 Å². The molecular weight excluding hydrogens is 346 g/mol. The van der Waals surface area contributed by atoms with Gasteiger partial charge in [0.15, 0.2) is 18.1 Å². The molecule has 27 heavy (non-hydrogen) atoms. The smallest absolute Gasteiger partial charge is 0.258 e. The summed E-state index contributed by atoms with van der Waals surface area (Å²) in [6.07, 6.45) is 1.25. The summed E-state index contributed by atoms with van der Waals surface area (Å²) in [4.78, 5) is 25.7. The van der Waals surface area contributed by atoms with Gasteiger partial charge in [0, 0.05) is 12.2 Å². The Balaban J connectivity index is 2.00. The van der Waals surface area contributed by atoms with Gasteiger partial charge in [-0.1, -0.05) is 24.3 Å². The third kappa shape index (κ3) is 3.72. The lowest BCUT2D eigenvalue weighted by molar-refractivity contribution is -0.119. The highest BCUT2D eigenvalue weighted by Gasteiger charge is 2.32. The first-order chi connectivity index (χ1) is 13.0. The predicted octanol–water partition coefficient (Wildman–Crippen LogP) is 2.31. The number of hydrogen-bond donors (Lipinski definition) is 2. The molecule has 0 bridgehead atoms. The number of methoxy groups -OCH3 is 1. The molecule has 0 unspecified atom stereocenters. The minimum atomic E-state index is -0.587. The molecule has 1 aliphatic rings. The number of primary amides is 1. The number of rotatable bonds is 7. The van der Waals surface area contributed by atoms with E-state index in [0.717, 1.165) is 11.3 Å². The Morgan fingerprint density at radius 2 is 2.07 bits per heavy atom. The van der Waals surface area contributed by atoms with Gasteiger partial charge in [-0.3, -0.25) is 9.59 Å². The number of amides is 2. The standard InChI is InChI=1S/C20H21N3O4/c1-3-10-23-19(22-15-7-5-4-6-14(15)20(23)25)13-8-9-16(26-2)17(11-13)27-12-18(21)24/h3-9,11,19,22H,1,10,12H2,2H3,(H2,21,24)/t19-/m1/s1. The van der Waals surface area contributed by atoms with Crippen LogP contribution in [0, 0.1) is 0 Å². The van der Waals surface area contributed by atoms with Gasteiger partial charge in [0.25, 0.3) is 11.8 Å². The first kappa shape index (κ1) is 18.3. The SMILES string of the molecule is C=CCN1C(=O)c2ccccc2N[C@H]1c1ccc(OC)c(OCC(N)=O)c1. The van der Waals surface area contributed by atoms with Gasteiger partial charge in [-0.2, -0.15) is 0 Å². The van der Waals surface area contributed by atoms with E-state index in [-0.39, 0.29) is 12.5 Å². The molecule has 0 aromatic heterocycles. The first-order valence-electron chi connectivity index (χ1n) is 8.41. The number of para-hydroxylation sites is 1.